The Morgan fingerprint density at radius 2 is 1.75 bits per heavy atom. The molecule has 0 radical (unpaired) electrons. The molecule has 8 heteroatoms. The van der Waals surface area contributed by atoms with Crippen molar-refractivity contribution in [1.82, 2.24) is 5.32 Å². The monoisotopic (exact) mass is 442 g/mol. The summed E-state index contributed by atoms with van der Waals surface area (Å²) in [7, 11) is 0. The lowest BCUT2D eigenvalue weighted by atomic mass is 10.1. The predicted molar refractivity (Wildman–Crippen MR) is 121 cm³/mol. The van der Waals surface area contributed by atoms with Gasteiger partial charge in [-0.25, -0.2) is 4.79 Å². The number of unbranched alkanes of at least 4 members (excludes halogenated alkanes) is 4. The maximum atomic E-state index is 12.8. The molecule has 1 N–H and O–H groups in total. The van der Waals surface area contributed by atoms with Crippen molar-refractivity contribution < 1.29 is 24.0 Å². The summed E-state index contributed by atoms with van der Waals surface area (Å²) in [5, 5.41) is 14.0. The first kappa shape index (κ1) is 24.8. The van der Waals surface area contributed by atoms with Crippen molar-refractivity contribution in [3.8, 4) is 5.75 Å². The summed E-state index contributed by atoms with van der Waals surface area (Å²) in [5.41, 5.74) is 0.457. The largest absolute Gasteiger partial charge is 0.481 e. The number of nitro benzene ring substituents is 1. The van der Waals surface area contributed by atoms with Gasteiger partial charge in [0, 0.05) is 6.07 Å². The summed E-state index contributed by atoms with van der Waals surface area (Å²) in [6, 6.07) is 12.3. The van der Waals surface area contributed by atoms with Crippen LogP contribution in [-0.4, -0.2) is 29.4 Å². The van der Waals surface area contributed by atoms with Gasteiger partial charge < -0.3 is 14.8 Å². The molecule has 32 heavy (non-hydrogen) atoms. The second-order valence-corrected chi connectivity index (χ2v) is 7.46. The molecule has 2 aromatic carbocycles. The zero-order valence-electron chi connectivity index (χ0n) is 18.5. The van der Waals surface area contributed by atoms with Gasteiger partial charge in [0.15, 0.2) is 0 Å². The maximum absolute atomic E-state index is 12.8. The fourth-order valence-corrected chi connectivity index (χ4v) is 3.07. The lowest BCUT2D eigenvalue weighted by molar-refractivity contribution is -0.386. The number of rotatable bonds is 13. The molecule has 0 saturated heterocycles. The van der Waals surface area contributed by atoms with E-state index < -0.39 is 22.8 Å². The number of carbonyl (C=O) groups is 2. The van der Waals surface area contributed by atoms with Crippen molar-refractivity contribution in [1.29, 1.82) is 0 Å². The van der Waals surface area contributed by atoms with Gasteiger partial charge in [0.2, 0.25) is 5.75 Å². The third kappa shape index (κ3) is 7.68. The van der Waals surface area contributed by atoms with Gasteiger partial charge in [-0.1, -0.05) is 69.0 Å². The number of para-hydroxylation sites is 1. The van der Waals surface area contributed by atoms with E-state index in [-0.39, 0.29) is 23.6 Å². The number of ether oxygens (including phenoxy) is 2. The average molecular weight is 443 g/mol. The zero-order valence-corrected chi connectivity index (χ0v) is 18.5. The van der Waals surface area contributed by atoms with Crippen LogP contribution in [0.25, 0.3) is 0 Å². The molecular weight excluding hydrogens is 412 g/mol. The molecule has 0 bridgehead atoms. The highest BCUT2D eigenvalue weighted by molar-refractivity contribution is 6.00. The van der Waals surface area contributed by atoms with Crippen molar-refractivity contribution in [2.45, 2.75) is 58.6 Å². The number of esters is 1. The van der Waals surface area contributed by atoms with Crippen molar-refractivity contribution in [2.24, 2.45) is 0 Å². The fraction of sp³-hybridized carbons (Fsp3) is 0.417. The molecular formula is C24H30N2O6. The standard InChI is InChI=1S/C24H30N2O6/c1-3-4-5-6-10-16-31-24(28)18(2)25-23(27)20-14-11-15-21(26(29)30)22(20)32-17-19-12-8-7-9-13-19/h7-9,11-15,18H,3-6,10,16-17H2,1-2H3,(H,25,27). The highest BCUT2D eigenvalue weighted by Gasteiger charge is 2.26. The first-order valence-electron chi connectivity index (χ1n) is 10.9. The van der Waals surface area contributed by atoms with Crippen molar-refractivity contribution >= 4 is 17.6 Å². The Labute approximate surface area is 188 Å². The van der Waals surface area contributed by atoms with E-state index in [2.05, 4.69) is 12.2 Å². The number of nitro groups is 1. The lowest BCUT2D eigenvalue weighted by Gasteiger charge is -2.15. The number of hydrogen-bond acceptors (Lipinski definition) is 6. The van der Waals surface area contributed by atoms with Crippen LogP contribution in [-0.2, 0) is 16.1 Å². The predicted octanol–water partition coefficient (Wildman–Crippen LogP) is 4.81. The van der Waals surface area contributed by atoms with Gasteiger partial charge in [-0.15, -0.1) is 0 Å². The van der Waals surface area contributed by atoms with E-state index in [0.29, 0.717) is 6.61 Å². The molecule has 1 amide bonds. The summed E-state index contributed by atoms with van der Waals surface area (Å²) in [5.74, 6) is -1.34. The second-order valence-electron chi connectivity index (χ2n) is 7.46. The number of benzene rings is 2. The molecule has 172 valence electrons. The number of amides is 1. The SMILES string of the molecule is CCCCCCCOC(=O)C(C)NC(=O)c1cccc([N+](=O)[O-])c1OCc1ccccc1. The normalized spacial score (nSPS) is 11.4. The van der Waals surface area contributed by atoms with Crippen LogP contribution in [0.3, 0.4) is 0 Å². The summed E-state index contributed by atoms with van der Waals surface area (Å²) in [4.78, 5) is 35.9. The van der Waals surface area contributed by atoms with Crippen LogP contribution in [0, 0.1) is 10.1 Å². The van der Waals surface area contributed by atoms with Crippen LogP contribution in [0.1, 0.15) is 61.9 Å². The number of nitrogens with zero attached hydrogens (tertiary/aromatic N) is 1. The summed E-state index contributed by atoms with van der Waals surface area (Å²) < 4.78 is 10.9. The second kappa shape index (κ2) is 13.1. The minimum Gasteiger partial charge on any atom is -0.481 e. The van der Waals surface area contributed by atoms with Crippen LogP contribution in [0.5, 0.6) is 5.75 Å². The minimum absolute atomic E-state index is 0.0191. The Morgan fingerprint density at radius 1 is 1.03 bits per heavy atom. The van der Waals surface area contributed by atoms with Gasteiger partial charge in [0.05, 0.1) is 17.1 Å². The molecule has 0 aliphatic carbocycles. The van der Waals surface area contributed by atoms with Crippen molar-refractivity contribution in [3.05, 3.63) is 69.8 Å². The first-order chi connectivity index (χ1) is 15.4. The maximum Gasteiger partial charge on any atom is 0.328 e. The van der Waals surface area contributed by atoms with Gasteiger partial charge in [0.25, 0.3) is 5.91 Å². The first-order valence-corrected chi connectivity index (χ1v) is 10.9. The molecule has 0 saturated carbocycles. The molecule has 2 aromatic rings. The van der Waals surface area contributed by atoms with E-state index in [4.69, 9.17) is 9.47 Å². The van der Waals surface area contributed by atoms with E-state index in [1.165, 1.54) is 25.1 Å². The summed E-state index contributed by atoms with van der Waals surface area (Å²) in [6.45, 7) is 4.00. The minimum atomic E-state index is -0.903. The van der Waals surface area contributed by atoms with Gasteiger partial charge >= 0.3 is 11.7 Å². The number of nitrogens with one attached hydrogen (secondary N) is 1. The summed E-state index contributed by atoms with van der Waals surface area (Å²) >= 11 is 0. The highest BCUT2D eigenvalue weighted by Crippen LogP contribution is 2.31. The van der Waals surface area contributed by atoms with E-state index in [1.54, 1.807) is 0 Å². The molecule has 0 aliphatic heterocycles. The van der Waals surface area contributed by atoms with E-state index >= 15 is 0 Å². The van der Waals surface area contributed by atoms with Crippen LogP contribution in [0.15, 0.2) is 48.5 Å². The highest BCUT2D eigenvalue weighted by atomic mass is 16.6. The molecule has 8 nitrogen and oxygen atoms in total. The molecule has 1 atom stereocenters. The smallest absolute Gasteiger partial charge is 0.328 e. The Morgan fingerprint density at radius 3 is 2.44 bits per heavy atom. The van der Waals surface area contributed by atoms with E-state index in [9.17, 15) is 19.7 Å². The van der Waals surface area contributed by atoms with Gasteiger partial charge in [0.1, 0.15) is 12.6 Å². The topological polar surface area (TPSA) is 108 Å². The van der Waals surface area contributed by atoms with Gasteiger partial charge in [-0.2, -0.15) is 0 Å². The van der Waals surface area contributed by atoms with Crippen LogP contribution >= 0.6 is 0 Å². The summed E-state index contributed by atoms with van der Waals surface area (Å²) in [6.07, 6.45) is 5.14. The molecule has 1 unspecified atom stereocenters. The van der Waals surface area contributed by atoms with Crippen LogP contribution in [0.2, 0.25) is 0 Å². The molecule has 2 rings (SSSR count). The lowest BCUT2D eigenvalue weighted by Crippen LogP contribution is -2.39. The third-order valence-corrected chi connectivity index (χ3v) is 4.85. The van der Waals surface area contributed by atoms with Crippen molar-refractivity contribution in [3.63, 3.8) is 0 Å². The Balaban J connectivity index is 2.02. The number of carbonyl (C=O) groups excluding carboxylic acids is 2. The third-order valence-electron chi connectivity index (χ3n) is 4.85. The van der Waals surface area contributed by atoms with Crippen molar-refractivity contribution in [2.75, 3.05) is 6.61 Å². The Hall–Kier alpha value is -3.42. The zero-order chi connectivity index (χ0) is 23.3. The van der Waals surface area contributed by atoms with Crippen LogP contribution in [0.4, 0.5) is 5.69 Å². The van der Waals surface area contributed by atoms with Crippen LogP contribution < -0.4 is 10.1 Å². The van der Waals surface area contributed by atoms with E-state index in [0.717, 1.165) is 37.7 Å². The molecule has 0 aliphatic rings. The van der Waals surface area contributed by atoms with Gasteiger partial charge in [-0.3, -0.25) is 14.9 Å². The molecule has 0 fully saturated rings. The van der Waals surface area contributed by atoms with E-state index in [1.807, 2.05) is 30.3 Å². The average Bonchev–Trinajstić information content (AvgIpc) is 2.80. The van der Waals surface area contributed by atoms with Gasteiger partial charge in [-0.05, 0) is 25.0 Å². The number of hydrogen-bond donors (Lipinski definition) is 1. The Kier molecular flexibility index (Phi) is 10.2. The molecule has 0 heterocycles. The quantitative estimate of drug-likeness (QED) is 0.206. The Bertz CT molecular complexity index is 901. The molecule has 0 aromatic heterocycles. The molecule has 0 spiro atoms. The fourth-order valence-electron chi connectivity index (χ4n) is 3.07.